The summed E-state index contributed by atoms with van der Waals surface area (Å²) in [5, 5.41) is 9.33. The fraction of sp³-hybridized carbons (Fsp3) is 0.214. The summed E-state index contributed by atoms with van der Waals surface area (Å²) in [5.74, 6) is 0.806. The van der Waals surface area contributed by atoms with Gasteiger partial charge < -0.3 is 9.84 Å². The van der Waals surface area contributed by atoms with Gasteiger partial charge in [0.25, 0.3) is 0 Å². The van der Waals surface area contributed by atoms with E-state index >= 15 is 0 Å². The normalized spacial score (nSPS) is 10.3. The van der Waals surface area contributed by atoms with Crippen molar-refractivity contribution in [3.63, 3.8) is 0 Å². The van der Waals surface area contributed by atoms with Crippen LogP contribution in [0.5, 0.6) is 5.75 Å². The number of aromatic nitrogens is 1. The van der Waals surface area contributed by atoms with Gasteiger partial charge in [-0.25, -0.2) is 0 Å². The minimum absolute atomic E-state index is 0.0275. The average molecular weight is 229 g/mol. The van der Waals surface area contributed by atoms with Crippen molar-refractivity contribution in [2.45, 2.75) is 13.5 Å². The Morgan fingerprint density at radius 1 is 1.24 bits per heavy atom. The number of nitrogens with zero attached hydrogens (tertiary/aromatic N) is 1. The Morgan fingerprint density at radius 3 is 2.76 bits per heavy atom. The lowest BCUT2D eigenvalue weighted by Gasteiger charge is -2.12. The Kier molecular flexibility index (Phi) is 3.40. The molecule has 0 fully saturated rings. The van der Waals surface area contributed by atoms with Gasteiger partial charge in [-0.2, -0.15) is 0 Å². The number of hydrogen-bond donors (Lipinski definition) is 1. The fourth-order valence-corrected chi connectivity index (χ4v) is 1.92. The zero-order valence-electron chi connectivity index (χ0n) is 9.97. The van der Waals surface area contributed by atoms with Gasteiger partial charge in [-0.05, 0) is 24.6 Å². The van der Waals surface area contributed by atoms with Gasteiger partial charge in [0.1, 0.15) is 5.75 Å². The van der Waals surface area contributed by atoms with Crippen LogP contribution < -0.4 is 4.74 Å². The summed E-state index contributed by atoms with van der Waals surface area (Å²) in [4.78, 5) is 4.33. The van der Waals surface area contributed by atoms with Crippen LogP contribution in [-0.2, 0) is 6.61 Å². The molecule has 0 aliphatic heterocycles. The quantitative estimate of drug-likeness (QED) is 0.879. The highest BCUT2D eigenvalue weighted by molar-refractivity contribution is 5.71. The summed E-state index contributed by atoms with van der Waals surface area (Å²) in [7, 11) is 1.65. The lowest BCUT2D eigenvalue weighted by Crippen LogP contribution is -1.96. The number of methoxy groups -OCH3 is 1. The second-order valence-electron chi connectivity index (χ2n) is 3.82. The number of benzene rings is 1. The second-order valence-corrected chi connectivity index (χ2v) is 3.82. The van der Waals surface area contributed by atoms with Crippen molar-refractivity contribution in [3.8, 4) is 17.0 Å². The maximum absolute atomic E-state index is 9.33. The van der Waals surface area contributed by atoms with Crippen LogP contribution in [0.15, 0.2) is 36.5 Å². The highest BCUT2D eigenvalue weighted by atomic mass is 16.5. The average Bonchev–Trinajstić information content (AvgIpc) is 2.38. The molecule has 17 heavy (non-hydrogen) atoms. The molecular weight excluding hydrogens is 214 g/mol. The first-order valence-electron chi connectivity index (χ1n) is 5.46. The van der Waals surface area contributed by atoms with Crippen LogP contribution in [0.2, 0.25) is 0 Å². The number of ether oxygens (including phenoxy) is 1. The van der Waals surface area contributed by atoms with Crippen LogP contribution in [0.25, 0.3) is 11.3 Å². The van der Waals surface area contributed by atoms with Gasteiger partial charge in [-0.3, -0.25) is 4.98 Å². The second kappa shape index (κ2) is 4.97. The van der Waals surface area contributed by atoms with Crippen molar-refractivity contribution >= 4 is 0 Å². The van der Waals surface area contributed by atoms with Crippen LogP contribution in [0.3, 0.4) is 0 Å². The third-order valence-electron chi connectivity index (χ3n) is 2.73. The van der Waals surface area contributed by atoms with E-state index in [4.69, 9.17) is 4.74 Å². The Labute approximate surface area is 101 Å². The minimum Gasteiger partial charge on any atom is -0.496 e. The fourth-order valence-electron chi connectivity index (χ4n) is 1.92. The third kappa shape index (κ3) is 2.15. The summed E-state index contributed by atoms with van der Waals surface area (Å²) in [6.07, 6.45) is 1.72. The number of aliphatic hydroxyl groups excluding tert-OH is 1. The van der Waals surface area contributed by atoms with Crippen LogP contribution in [0.4, 0.5) is 0 Å². The van der Waals surface area contributed by atoms with Crippen molar-refractivity contribution in [3.05, 3.63) is 47.7 Å². The molecule has 1 aromatic carbocycles. The number of para-hydroxylation sites is 1. The van der Waals surface area contributed by atoms with Crippen molar-refractivity contribution in [2.75, 3.05) is 7.11 Å². The van der Waals surface area contributed by atoms with E-state index in [2.05, 4.69) is 4.98 Å². The molecule has 1 heterocycles. The molecule has 0 aliphatic rings. The zero-order chi connectivity index (χ0) is 12.3. The van der Waals surface area contributed by atoms with Gasteiger partial charge in [0.05, 0.1) is 19.4 Å². The molecule has 88 valence electrons. The molecule has 0 saturated carbocycles. The predicted octanol–water partition coefficient (Wildman–Crippen LogP) is 2.56. The third-order valence-corrected chi connectivity index (χ3v) is 2.73. The first-order chi connectivity index (χ1) is 8.27. The lowest BCUT2D eigenvalue weighted by molar-refractivity contribution is 0.282. The number of aryl methyl sites for hydroxylation is 1. The molecule has 3 nitrogen and oxygen atoms in total. The Bertz CT molecular complexity index is 523. The largest absolute Gasteiger partial charge is 0.496 e. The molecule has 0 radical (unpaired) electrons. The molecule has 0 atom stereocenters. The van der Waals surface area contributed by atoms with E-state index in [1.54, 1.807) is 13.3 Å². The number of rotatable bonds is 3. The summed E-state index contributed by atoms with van der Waals surface area (Å²) < 4.78 is 5.41. The highest BCUT2D eigenvalue weighted by Gasteiger charge is 2.12. The van der Waals surface area contributed by atoms with Gasteiger partial charge in [-0.1, -0.05) is 18.2 Å². The van der Waals surface area contributed by atoms with Crippen molar-refractivity contribution < 1.29 is 9.84 Å². The molecule has 0 spiro atoms. The molecule has 0 amide bonds. The molecule has 1 N–H and O–H groups in total. The maximum atomic E-state index is 9.33. The maximum Gasteiger partial charge on any atom is 0.131 e. The smallest absolute Gasteiger partial charge is 0.131 e. The van der Waals surface area contributed by atoms with Gasteiger partial charge >= 0.3 is 0 Å². The SMILES string of the molecule is COc1c(C)cccc1-c1ncccc1CO. The van der Waals surface area contributed by atoms with Crippen molar-refractivity contribution in [2.24, 2.45) is 0 Å². The van der Waals surface area contributed by atoms with E-state index in [1.165, 1.54) is 0 Å². The minimum atomic E-state index is -0.0275. The monoisotopic (exact) mass is 229 g/mol. The van der Waals surface area contributed by atoms with Gasteiger partial charge in [0.15, 0.2) is 0 Å². The first kappa shape index (κ1) is 11.6. The summed E-state index contributed by atoms with van der Waals surface area (Å²) in [6.45, 7) is 1.96. The molecule has 0 aliphatic carbocycles. The van der Waals surface area contributed by atoms with Crippen LogP contribution in [0, 0.1) is 6.92 Å². The molecule has 0 saturated heterocycles. The van der Waals surface area contributed by atoms with Crippen LogP contribution in [-0.4, -0.2) is 17.2 Å². The van der Waals surface area contributed by atoms with E-state index in [9.17, 15) is 5.11 Å². The number of pyridine rings is 1. The summed E-state index contributed by atoms with van der Waals surface area (Å²) >= 11 is 0. The summed E-state index contributed by atoms with van der Waals surface area (Å²) in [6, 6.07) is 9.58. The van der Waals surface area contributed by atoms with E-state index in [0.717, 1.165) is 28.1 Å². The first-order valence-corrected chi connectivity index (χ1v) is 5.46. The van der Waals surface area contributed by atoms with E-state index in [0.29, 0.717) is 0 Å². The molecule has 1 aromatic heterocycles. The summed E-state index contributed by atoms with van der Waals surface area (Å²) in [5.41, 5.74) is 3.55. The number of aliphatic hydroxyl groups is 1. The molecule has 2 rings (SSSR count). The van der Waals surface area contributed by atoms with Gasteiger partial charge in [0, 0.05) is 17.3 Å². The van der Waals surface area contributed by atoms with Gasteiger partial charge in [-0.15, -0.1) is 0 Å². The van der Waals surface area contributed by atoms with Crippen molar-refractivity contribution in [1.29, 1.82) is 0 Å². The van der Waals surface area contributed by atoms with Crippen molar-refractivity contribution in [1.82, 2.24) is 4.98 Å². The zero-order valence-corrected chi connectivity index (χ0v) is 9.97. The Balaban J connectivity index is 2.64. The molecule has 3 heteroatoms. The molecule has 0 bridgehead atoms. The predicted molar refractivity (Wildman–Crippen MR) is 66.9 cm³/mol. The van der Waals surface area contributed by atoms with E-state index in [1.807, 2.05) is 37.3 Å². The van der Waals surface area contributed by atoms with Crippen LogP contribution in [0.1, 0.15) is 11.1 Å². The Morgan fingerprint density at radius 2 is 2.06 bits per heavy atom. The lowest BCUT2D eigenvalue weighted by atomic mass is 10.0. The highest BCUT2D eigenvalue weighted by Crippen LogP contribution is 2.33. The standard InChI is InChI=1S/C14H15NO2/c1-10-5-3-7-12(14(10)17-2)13-11(9-16)6-4-8-15-13/h3-8,16H,9H2,1-2H3. The number of hydrogen-bond acceptors (Lipinski definition) is 3. The van der Waals surface area contributed by atoms with Crippen LogP contribution >= 0.6 is 0 Å². The molecule has 2 aromatic rings. The van der Waals surface area contributed by atoms with Gasteiger partial charge in [0.2, 0.25) is 0 Å². The Hall–Kier alpha value is -1.87. The van der Waals surface area contributed by atoms with E-state index in [-0.39, 0.29) is 6.61 Å². The molecule has 0 unspecified atom stereocenters. The topological polar surface area (TPSA) is 42.4 Å². The van der Waals surface area contributed by atoms with E-state index < -0.39 is 0 Å². The molecular formula is C14H15NO2.